The van der Waals surface area contributed by atoms with Crippen molar-refractivity contribution in [1.82, 2.24) is 24.1 Å². The lowest BCUT2D eigenvalue weighted by atomic mass is 10.2. The second-order valence-electron chi connectivity index (χ2n) is 8.71. The zero-order valence-corrected chi connectivity index (χ0v) is 20.8. The number of aromatic nitrogens is 5. The summed E-state index contributed by atoms with van der Waals surface area (Å²) in [4.78, 5) is 49.2. The maximum atomic E-state index is 12.8. The molecule has 0 saturated carbocycles. The fraction of sp³-hybridized carbons (Fsp3) is 0.542. The summed E-state index contributed by atoms with van der Waals surface area (Å²) in [5, 5.41) is 2.83. The lowest BCUT2D eigenvalue weighted by Gasteiger charge is -2.12. The van der Waals surface area contributed by atoms with Crippen molar-refractivity contribution < 1.29 is 14.3 Å². The number of unbranched alkanes of at least 4 members (excludes halogenated alkanes) is 1. The Balaban J connectivity index is 1.85. The first-order chi connectivity index (χ1) is 16.8. The van der Waals surface area contributed by atoms with Crippen molar-refractivity contribution in [3.8, 4) is 5.88 Å². The van der Waals surface area contributed by atoms with E-state index in [1.807, 2.05) is 25.3 Å². The number of aromatic amines is 1. The number of carbonyl (C=O) groups is 1. The summed E-state index contributed by atoms with van der Waals surface area (Å²) in [5.74, 6) is 0.900. The normalized spacial score (nSPS) is 11.3. The van der Waals surface area contributed by atoms with Gasteiger partial charge in [-0.1, -0.05) is 27.2 Å². The van der Waals surface area contributed by atoms with E-state index >= 15 is 0 Å². The van der Waals surface area contributed by atoms with Gasteiger partial charge in [-0.2, -0.15) is 0 Å². The smallest absolute Gasteiger partial charge is 0.330 e. The highest BCUT2D eigenvalue weighted by molar-refractivity contribution is 5.92. The monoisotopic (exact) mass is 486 g/mol. The summed E-state index contributed by atoms with van der Waals surface area (Å²) in [7, 11) is 1.58. The molecule has 3 aromatic rings. The van der Waals surface area contributed by atoms with Crippen LogP contribution >= 0.6 is 0 Å². The zero-order chi connectivity index (χ0) is 25.4. The minimum Gasteiger partial charge on any atom is -0.474 e. The number of amides is 1. The number of nitrogens with zero attached hydrogens (tertiary/aromatic N) is 4. The van der Waals surface area contributed by atoms with Crippen LogP contribution in [0.2, 0.25) is 0 Å². The number of ether oxygens (including phenoxy) is 2. The zero-order valence-electron chi connectivity index (χ0n) is 20.8. The van der Waals surface area contributed by atoms with Gasteiger partial charge < -0.3 is 19.4 Å². The number of methoxy groups -OCH3 is 1. The first-order valence-electron chi connectivity index (χ1n) is 11.9. The van der Waals surface area contributed by atoms with E-state index in [-0.39, 0.29) is 18.2 Å². The summed E-state index contributed by atoms with van der Waals surface area (Å²) < 4.78 is 13.9. The maximum Gasteiger partial charge on any atom is 0.330 e. The molecule has 3 aromatic heterocycles. The molecule has 3 rings (SSSR count). The highest BCUT2D eigenvalue weighted by Gasteiger charge is 2.20. The van der Waals surface area contributed by atoms with Crippen LogP contribution in [0.1, 0.15) is 45.9 Å². The van der Waals surface area contributed by atoms with Crippen molar-refractivity contribution in [2.75, 3.05) is 25.6 Å². The Morgan fingerprint density at radius 3 is 2.74 bits per heavy atom. The first kappa shape index (κ1) is 26.1. The number of aryl methyl sites for hydroxylation is 2. The van der Waals surface area contributed by atoms with E-state index in [9.17, 15) is 14.4 Å². The van der Waals surface area contributed by atoms with Gasteiger partial charge >= 0.3 is 5.69 Å². The van der Waals surface area contributed by atoms with Crippen LogP contribution in [0, 0.1) is 5.92 Å². The molecule has 0 aromatic carbocycles. The molecule has 0 radical (unpaired) electrons. The molecule has 11 heteroatoms. The Hall–Kier alpha value is -3.47. The molecule has 0 spiro atoms. The van der Waals surface area contributed by atoms with E-state index in [1.54, 1.807) is 25.4 Å². The Morgan fingerprint density at radius 1 is 1.23 bits per heavy atom. The number of imidazole rings is 1. The molecule has 0 aliphatic carbocycles. The summed E-state index contributed by atoms with van der Waals surface area (Å²) in [6.45, 7) is 7.83. The number of H-pyrrole nitrogens is 1. The van der Waals surface area contributed by atoms with Crippen LogP contribution in [-0.2, 0) is 29.0 Å². The third-order valence-corrected chi connectivity index (χ3v) is 5.39. The maximum absolute atomic E-state index is 12.8. The number of pyridine rings is 1. The number of rotatable bonds is 13. The molecule has 190 valence electrons. The summed E-state index contributed by atoms with van der Waals surface area (Å²) in [6, 6.07) is 3.43. The van der Waals surface area contributed by atoms with Gasteiger partial charge in [0.15, 0.2) is 11.2 Å². The molecule has 0 atom stereocenters. The Morgan fingerprint density at radius 2 is 2.03 bits per heavy atom. The third kappa shape index (κ3) is 6.56. The van der Waals surface area contributed by atoms with E-state index in [0.29, 0.717) is 61.3 Å². The molecule has 0 aliphatic rings. The molecule has 35 heavy (non-hydrogen) atoms. The lowest BCUT2D eigenvalue weighted by Crippen LogP contribution is -2.31. The standard InChI is InChI=1S/C24H34N6O5/c1-5-6-12-29-21-20(22(32)28-24(29)33)30(15-16(2)3)18(27-21)9-10-19(31)26-17-8-7-11-25-23(17)35-14-13-34-4/h7-8,11,16H,5-6,9-10,12-15H2,1-4H3,(H,26,31)(H,28,32,33). The van der Waals surface area contributed by atoms with E-state index in [2.05, 4.69) is 20.3 Å². The number of fused-ring (bicyclic) bond motifs is 1. The molecular weight excluding hydrogens is 452 g/mol. The van der Waals surface area contributed by atoms with Gasteiger partial charge in [-0.3, -0.25) is 19.1 Å². The van der Waals surface area contributed by atoms with Gasteiger partial charge in [0, 0.05) is 39.2 Å². The van der Waals surface area contributed by atoms with Gasteiger partial charge in [0.2, 0.25) is 11.8 Å². The van der Waals surface area contributed by atoms with E-state index in [1.165, 1.54) is 4.57 Å². The van der Waals surface area contributed by atoms with Crippen LogP contribution in [-0.4, -0.2) is 50.3 Å². The molecular formula is C24H34N6O5. The first-order valence-corrected chi connectivity index (χ1v) is 11.9. The van der Waals surface area contributed by atoms with Crippen molar-refractivity contribution in [3.05, 3.63) is 45.0 Å². The Bertz CT molecular complexity index is 1260. The molecule has 1 amide bonds. The van der Waals surface area contributed by atoms with E-state index in [4.69, 9.17) is 9.47 Å². The highest BCUT2D eigenvalue weighted by atomic mass is 16.5. The second kappa shape index (κ2) is 12.3. The molecule has 0 bridgehead atoms. The van der Waals surface area contributed by atoms with Crippen LogP contribution < -0.4 is 21.3 Å². The molecule has 2 N–H and O–H groups in total. The molecule has 0 aliphatic heterocycles. The predicted molar refractivity (Wildman–Crippen MR) is 133 cm³/mol. The average molecular weight is 487 g/mol. The van der Waals surface area contributed by atoms with Crippen molar-refractivity contribution >= 4 is 22.8 Å². The quantitative estimate of drug-likeness (QED) is 0.354. The number of hydrogen-bond acceptors (Lipinski definition) is 7. The van der Waals surface area contributed by atoms with Gasteiger partial charge in [0.05, 0.1) is 6.61 Å². The number of carbonyl (C=O) groups excluding carboxylic acids is 1. The Labute approximate surface area is 203 Å². The summed E-state index contributed by atoms with van der Waals surface area (Å²) in [5.41, 5.74) is 0.270. The molecule has 0 saturated heterocycles. The van der Waals surface area contributed by atoms with Gasteiger partial charge in [-0.25, -0.2) is 14.8 Å². The number of anilines is 1. The third-order valence-electron chi connectivity index (χ3n) is 5.39. The predicted octanol–water partition coefficient (Wildman–Crippen LogP) is 2.33. The lowest BCUT2D eigenvalue weighted by molar-refractivity contribution is -0.116. The number of nitrogens with one attached hydrogen (secondary N) is 2. The fourth-order valence-corrected chi connectivity index (χ4v) is 3.75. The minimum absolute atomic E-state index is 0.130. The fourth-order valence-electron chi connectivity index (χ4n) is 3.75. The largest absolute Gasteiger partial charge is 0.474 e. The van der Waals surface area contributed by atoms with Crippen LogP contribution in [0.15, 0.2) is 27.9 Å². The van der Waals surface area contributed by atoms with Crippen molar-refractivity contribution in [2.45, 2.75) is 59.5 Å². The van der Waals surface area contributed by atoms with Crippen molar-refractivity contribution in [3.63, 3.8) is 0 Å². The van der Waals surface area contributed by atoms with Gasteiger partial charge in [-0.05, 0) is 24.5 Å². The number of hydrogen-bond donors (Lipinski definition) is 2. The SMILES string of the molecule is CCCCn1c(=O)[nH]c(=O)c2c1nc(CCC(=O)Nc1cccnc1OCCOC)n2CC(C)C. The molecule has 11 nitrogen and oxygen atoms in total. The topological polar surface area (TPSA) is 133 Å². The van der Waals surface area contributed by atoms with E-state index in [0.717, 1.165) is 12.8 Å². The van der Waals surface area contributed by atoms with Gasteiger partial charge in [-0.15, -0.1) is 0 Å². The van der Waals surface area contributed by atoms with Crippen LogP contribution in [0.5, 0.6) is 5.88 Å². The molecule has 0 fully saturated rings. The Kier molecular flexibility index (Phi) is 9.18. The van der Waals surface area contributed by atoms with Crippen LogP contribution in [0.4, 0.5) is 5.69 Å². The summed E-state index contributed by atoms with van der Waals surface area (Å²) >= 11 is 0. The second-order valence-corrected chi connectivity index (χ2v) is 8.71. The van der Waals surface area contributed by atoms with Crippen molar-refractivity contribution in [2.24, 2.45) is 5.92 Å². The average Bonchev–Trinajstić information content (AvgIpc) is 3.16. The van der Waals surface area contributed by atoms with Crippen LogP contribution in [0.3, 0.4) is 0 Å². The van der Waals surface area contributed by atoms with Crippen molar-refractivity contribution in [1.29, 1.82) is 0 Å². The van der Waals surface area contributed by atoms with Crippen LogP contribution in [0.25, 0.3) is 11.2 Å². The van der Waals surface area contributed by atoms with Gasteiger partial charge in [0.25, 0.3) is 5.56 Å². The minimum atomic E-state index is -0.466. The van der Waals surface area contributed by atoms with Gasteiger partial charge in [0.1, 0.15) is 18.1 Å². The van der Waals surface area contributed by atoms with E-state index < -0.39 is 11.2 Å². The molecule has 3 heterocycles. The molecule has 0 unspecified atom stereocenters. The summed E-state index contributed by atoms with van der Waals surface area (Å²) in [6.07, 6.45) is 3.70. The highest BCUT2D eigenvalue weighted by Crippen LogP contribution is 2.21.